The first kappa shape index (κ1) is 20.7. The molecule has 1 aliphatic rings. The van der Waals surface area contributed by atoms with Gasteiger partial charge in [0.2, 0.25) is 15.9 Å². The van der Waals surface area contributed by atoms with E-state index in [0.717, 1.165) is 11.8 Å². The van der Waals surface area contributed by atoms with Gasteiger partial charge in [-0.25, -0.2) is 13.1 Å². The van der Waals surface area contributed by atoms with Crippen molar-refractivity contribution in [3.63, 3.8) is 0 Å². The molecule has 1 heterocycles. The lowest BCUT2D eigenvalue weighted by Crippen LogP contribution is -2.54. The Labute approximate surface area is 149 Å². The number of halogens is 1. The van der Waals surface area contributed by atoms with Crippen LogP contribution in [0.3, 0.4) is 0 Å². The molecule has 1 saturated heterocycles. The zero-order valence-electron chi connectivity index (χ0n) is 14.0. The highest BCUT2D eigenvalue weighted by Crippen LogP contribution is 2.30. The number of carbonyl (C=O) groups is 1. The van der Waals surface area contributed by atoms with Crippen molar-refractivity contribution in [2.75, 3.05) is 33.0 Å². The second-order valence-corrected chi connectivity index (χ2v) is 7.39. The van der Waals surface area contributed by atoms with E-state index < -0.39 is 16.1 Å². The van der Waals surface area contributed by atoms with Gasteiger partial charge in [-0.05, 0) is 13.0 Å². The fraction of sp³-hybridized carbons (Fsp3) is 0.533. The summed E-state index contributed by atoms with van der Waals surface area (Å²) in [6, 6.07) is 6.54. The summed E-state index contributed by atoms with van der Waals surface area (Å²) in [4.78, 5) is 14.4. The Kier molecular flexibility index (Phi) is 7.47. The normalized spacial score (nSPS) is 19.3. The summed E-state index contributed by atoms with van der Waals surface area (Å²) >= 11 is 0. The Morgan fingerprint density at radius 2 is 2.08 bits per heavy atom. The average Bonchev–Trinajstić information content (AvgIpc) is 2.52. The van der Waals surface area contributed by atoms with Crippen molar-refractivity contribution in [1.29, 1.82) is 0 Å². The van der Waals surface area contributed by atoms with Crippen molar-refractivity contribution < 1.29 is 17.9 Å². The summed E-state index contributed by atoms with van der Waals surface area (Å²) in [7, 11) is -1.85. The molecule has 1 fully saturated rings. The average molecular weight is 378 g/mol. The van der Waals surface area contributed by atoms with Crippen LogP contribution in [0.5, 0.6) is 5.75 Å². The largest absolute Gasteiger partial charge is 0.496 e. The van der Waals surface area contributed by atoms with Crippen molar-refractivity contribution in [2.45, 2.75) is 19.0 Å². The van der Waals surface area contributed by atoms with Crippen molar-refractivity contribution in [1.82, 2.24) is 14.9 Å². The highest BCUT2D eigenvalue weighted by molar-refractivity contribution is 7.88. The third-order valence-corrected chi connectivity index (χ3v) is 4.57. The molecule has 9 heteroatoms. The van der Waals surface area contributed by atoms with Gasteiger partial charge in [0.25, 0.3) is 0 Å². The second kappa shape index (κ2) is 8.66. The lowest BCUT2D eigenvalue weighted by Gasteiger charge is -2.38. The van der Waals surface area contributed by atoms with Crippen LogP contribution in [0.1, 0.15) is 18.5 Å². The molecule has 7 nitrogen and oxygen atoms in total. The number of nitrogens with zero attached hydrogens (tertiary/aromatic N) is 1. The fourth-order valence-corrected chi connectivity index (χ4v) is 3.55. The Morgan fingerprint density at radius 3 is 2.71 bits per heavy atom. The number of para-hydroxylation sites is 1. The number of benzene rings is 1. The van der Waals surface area contributed by atoms with Crippen molar-refractivity contribution in [2.24, 2.45) is 0 Å². The quantitative estimate of drug-likeness (QED) is 0.781. The number of piperazine rings is 1. The van der Waals surface area contributed by atoms with E-state index in [1.165, 1.54) is 0 Å². The second-order valence-electron chi connectivity index (χ2n) is 5.61. The summed E-state index contributed by atoms with van der Waals surface area (Å²) in [5, 5.41) is 3.27. The highest BCUT2D eigenvalue weighted by Gasteiger charge is 2.32. The first-order valence-electron chi connectivity index (χ1n) is 7.45. The fourth-order valence-electron chi connectivity index (χ4n) is 2.81. The number of ether oxygens (including phenoxy) is 1. The summed E-state index contributed by atoms with van der Waals surface area (Å²) in [5.74, 6) is 0.468. The van der Waals surface area contributed by atoms with Crippen LogP contribution in [0.25, 0.3) is 0 Å². The maximum atomic E-state index is 12.7. The van der Waals surface area contributed by atoms with Gasteiger partial charge in [-0.15, -0.1) is 12.4 Å². The molecule has 1 aliphatic heterocycles. The van der Waals surface area contributed by atoms with Crippen LogP contribution in [-0.4, -0.2) is 58.3 Å². The maximum Gasteiger partial charge on any atom is 0.241 e. The summed E-state index contributed by atoms with van der Waals surface area (Å²) in [6.07, 6.45) is 1.05. The van der Waals surface area contributed by atoms with E-state index in [2.05, 4.69) is 10.0 Å². The smallest absolute Gasteiger partial charge is 0.241 e. The minimum atomic E-state index is -3.44. The number of rotatable bonds is 5. The molecular weight excluding hydrogens is 354 g/mol. The maximum absolute atomic E-state index is 12.7. The Hall–Kier alpha value is -1.35. The third kappa shape index (κ3) is 5.07. The summed E-state index contributed by atoms with van der Waals surface area (Å²) in [6.45, 7) is 3.34. The lowest BCUT2D eigenvalue weighted by atomic mass is 10.0. The van der Waals surface area contributed by atoms with E-state index in [-0.39, 0.29) is 24.4 Å². The molecule has 1 amide bonds. The number of hydrogen-bond donors (Lipinski definition) is 2. The predicted octanol–water partition coefficient (Wildman–Crippen LogP) is 0.528. The molecule has 0 saturated carbocycles. The number of carbonyl (C=O) groups excluding carboxylic acids is 1. The monoisotopic (exact) mass is 377 g/mol. The Bertz CT molecular complexity index is 668. The molecule has 1 aromatic carbocycles. The van der Waals surface area contributed by atoms with E-state index in [0.29, 0.717) is 25.4 Å². The number of nitrogens with one attached hydrogen (secondary N) is 2. The van der Waals surface area contributed by atoms with Crippen molar-refractivity contribution >= 4 is 28.3 Å². The van der Waals surface area contributed by atoms with Crippen LogP contribution >= 0.6 is 12.4 Å². The Balaban J connectivity index is 0.00000288. The first-order valence-corrected chi connectivity index (χ1v) is 9.34. The van der Waals surface area contributed by atoms with E-state index in [1.54, 1.807) is 18.9 Å². The van der Waals surface area contributed by atoms with Crippen molar-refractivity contribution in [3.8, 4) is 5.75 Å². The molecular formula is C15H24ClN3O4S. The third-order valence-electron chi connectivity index (χ3n) is 3.79. The zero-order chi connectivity index (χ0) is 17.0. The van der Waals surface area contributed by atoms with Crippen LogP contribution in [0.4, 0.5) is 0 Å². The number of methoxy groups -OCH3 is 1. The molecule has 2 N–H and O–H groups in total. The van der Waals surface area contributed by atoms with Gasteiger partial charge in [0.05, 0.1) is 25.4 Å². The van der Waals surface area contributed by atoms with Gasteiger partial charge in [-0.1, -0.05) is 18.2 Å². The SMILES string of the molecule is COc1ccccc1C1CNCCN1C(=O)C(C)NS(C)(=O)=O.Cl. The van der Waals surface area contributed by atoms with Gasteiger partial charge in [-0.2, -0.15) is 0 Å². The van der Waals surface area contributed by atoms with Crippen LogP contribution < -0.4 is 14.8 Å². The molecule has 0 bridgehead atoms. The van der Waals surface area contributed by atoms with Gasteiger partial charge in [-0.3, -0.25) is 4.79 Å². The Morgan fingerprint density at radius 1 is 1.42 bits per heavy atom. The van der Waals surface area contributed by atoms with Gasteiger partial charge < -0.3 is 15.0 Å². The molecule has 0 radical (unpaired) electrons. The van der Waals surface area contributed by atoms with E-state index in [4.69, 9.17) is 4.74 Å². The van der Waals surface area contributed by atoms with Crippen LogP contribution in [0.15, 0.2) is 24.3 Å². The number of hydrogen-bond acceptors (Lipinski definition) is 5. The number of sulfonamides is 1. The number of amides is 1. The van der Waals surface area contributed by atoms with Crippen LogP contribution in [-0.2, 0) is 14.8 Å². The topological polar surface area (TPSA) is 87.7 Å². The van der Waals surface area contributed by atoms with Gasteiger partial charge in [0.1, 0.15) is 5.75 Å². The molecule has 1 aromatic rings. The van der Waals surface area contributed by atoms with Gasteiger partial charge >= 0.3 is 0 Å². The minimum Gasteiger partial charge on any atom is -0.496 e. The van der Waals surface area contributed by atoms with Gasteiger partial charge in [0, 0.05) is 25.2 Å². The molecule has 0 spiro atoms. The van der Waals surface area contributed by atoms with Crippen LogP contribution in [0, 0.1) is 0 Å². The summed E-state index contributed by atoms with van der Waals surface area (Å²) in [5.41, 5.74) is 0.905. The van der Waals surface area contributed by atoms with E-state index in [9.17, 15) is 13.2 Å². The van der Waals surface area contributed by atoms with Crippen LogP contribution in [0.2, 0.25) is 0 Å². The molecule has 2 rings (SSSR count). The molecule has 0 aliphatic carbocycles. The van der Waals surface area contributed by atoms with E-state index >= 15 is 0 Å². The first-order chi connectivity index (χ1) is 10.8. The molecule has 136 valence electrons. The van der Waals surface area contributed by atoms with Crippen molar-refractivity contribution in [3.05, 3.63) is 29.8 Å². The van der Waals surface area contributed by atoms with Gasteiger partial charge in [0.15, 0.2) is 0 Å². The predicted molar refractivity (Wildman–Crippen MR) is 95.0 cm³/mol. The standard InChI is InChI=1S/C15H23N3O4S.ClH/c1-11(17-23(3,20)21)15(19)18-9-8-16-10-13(18)12-6-4-5-7-14(12)22-2;/h4-7,11,13,16-17H,8-10H2,1-3H3;1H. The molecule has 2 atom stereocenters. The minimum absolute atomic E-state index is 0. The highest BCUT2D eigenvalue weighted by atomic mass is 35.5. The molecule has 0 aromatic heterocycles. The van der Waals surface area contributed by atoms with E-state index in [1.807, 2.05) is 24.3 Å². The molecule has 2 unspecified atom stereocenters. The molecule has 24 heavy (non-hydrogen) atoms. The zero-order valence-corrected chi connectivity index (χ0v) is 15.6. The summed E-state index contributed by atoms with van der Waals surface area (Å²) < 4.78 is 30.5. The lowest BCUT2D eigenvalue weighted by molar-refractivity contribution is -0.136.